The third-order valence-corrected chi connectivity index (χ3v) is 3.78. The molecule has 0 bridgehead atoms. The van der Waals surface area contributed by atoms with Crippen LogP contribution in [0.1, 0.15) is 5.56 Å². The number of carbonyl (C=O) groups is 2. The van der Waals surface area contributed by atoms with Gasteiger partial charge in [0.15, 0.2) is 6.61 Å². The molecule has 0 fully saturated rings. The number of rotatable bonds is 9. The molecule has 0 heterocycles. The van der Waals surface area contributed by atoms with Crippen molar-refractivity contribution < 1.29 is 19.1 Å². The van der Waals surface area contributed by atoms with Crippen molar-refractivity contribution >= 4 is 23.4 Å². The second-order valence-corrected chi connectivity index (χ2v) is 5.90. The standard InChI is InChI=1S/C19H21ClN2O4/c1-25-16-6-2-14(3-7-16)10-11-21-18(23)12-22-19(24)13-26-17-8-4-15(20)5-9-17/h2-9H,10-13H2,1H3,(H,21,23)(H,22,24). The monoisotopic (exact) mass is 376 g/mol. The summed E-state index contributed by atoms with van der Waals surface area (Å²) in [6.07, 6.45) is 0.698. The summed E-state index contributed by atoms with van der Waals surface area (Å²) < 4.78 is 10.4. The number of carbonyl (C=O) groups excluding carboxylic acids is 2. The molecule has 2 aromatic rings. The van der Waals surface area contributed by atoms with Gasteiger partial charge in [-0.2, -0.15) is 0 Å². The Hall–Kier alpha value is -2.73. The molecule has 0 aliphatic heterocycles. The smallest absolute Gasteiger partial charge is 0.258 e. The van der Waals surface area contributed by atoms with E-state index in [1.54, 1.807) is 31.4 Å². The van der Waals surface area contributed by atoms with E-state index in [9.17, 15) is 9.59 Å². The topological polar surface area (TPSA) is 76.7 Å². The van der Waals surface area contributed by atoms with E-state index in [1.807, 2.05) is 24.3 Å². The Morgan fingerprint density at radius 2 is 1.58 bits per heavy atom. The van der Waals surface area contributed by atoms with Crippen molar-refractivity contribution in [2.24, 2.45) is 0 Å². The molecule has 0 atom stereocenters. The number of methoxy groups -OCH3 is 1. The normalized spacial score (nSPS) is 10.1. The van der Waals surface area contributed by atoms with Crippen LogP contribution >= 0.6 is 11.6 Å². The van der Waals surface area contributed by atoms with Crippen LogP contribution in [0.5, 0.6) is 11.5 Å². The van der Waals surface area contributed by atoms with Gasteiger partial charge in [-0.25, -0.2) is 0 Å². The van der Waals surface area contributed by atoms with Crippen LogP contribution in [0.25, 0.3) is 0 Å². The lowest BCUT2D eigenvalue weighted by Crippen LogP contribution is -2.39. The summed E-state index contributed by atoms with van der Waals surface area (Å²) in [5.74, 6) is 0.707. The minimum absolute atomic E-state index is 0.0918. The van der Waals surface area contributed by atoms with Gasteiger partial charge in [-0.05, 0) is 48.4 Å². The lowest BCUT2D eigenvalue weighted by atomic mass is 10.1. The maximum absolute atomic E-state index is 11.7. The Bertz CT molecular complexity index is 717. The number of amides is 2. The van der Waals surface area contributed by atoms with Gasteiger partial charge in [0.1, 0.15) is 11.5 Å². The van der Waals surface area contributed by atoms with Crippen LogP contribution in [-0.4, -0.2) is 38.6 Å². The number of ether oxygens (including phenoxy) is 2. The highest BCUT2D eigenvalue weighted by molar-refractivity contribution is 6.30. The molecule has 0 saturated heterocycles. The third kappa shape index (κ3) is 7.03. The first kappa shape index (κ1) is 19.6. The van der Waals surface area contributed by atoms with Gasteiger partial charge in [0, 0.05) is 11.6 Å². The minimum Gasteiger partial charge on any atom is -0.497 e. The van der Waals surface area contributed by atoms with Gasteiger partial charge in [0.2, 0.25) is 5.91 Å². The summed E-state index contributed by atoms with van der Waals surface area (Å²) in [6, 6.07) is 14.3. The quantitative estimate of drug-likeness (QED) is 0.703. The van der Waals surface area contributed by atoms with Gasteiger partial charge in [0.25, 0.3) is 5.91 Å². The SMILES string of the molecule is COc1ccc(CCNC(=O)CNC(=O)COc2ccc(Cl)cc2)cc1. The van der Waals surface area contributed by atoms with E-state index in [-0.39, 0.29) is 25.0 Å². The van der Waals surface area contributed by atoms with Crippen LogP contribution in [0.4, 0.5) is 0 Å². The fourth-order valence-corrected chi connectivity index (χ4v) is 2.24. The van der Waals surface area contributed by atoms with Crippen LogP contribution in [0.15, 0.2) is 48.5 Å². The van der Waals surface area contributed by atoms with Crippen molar-refractivity contribution in [3.05, 3.63) is 59.1 Å². The van der Waals surface area contributed by atoms with Crippen LogP contribution in [0.3, 0.4) is 0 Å². The summed E-state index contributed by atoms with van der Waals surface area (Å²) in [6.45, 7) is 0.231. The first-order valence-corrected chi connectivity index (χ1v) is 8.49. The maximum Gasteiger partial charge on any atom is 0.258 e. The Morgan fingerprint density at radius 3 is 2.23 bits per heavy atom. The van der Waals surface area contributed by atoms with Crippen molar-refractivity contribution in [3.8, 4) is 11.5 Å². The molecule has 7 heteroatoms. The van der Waals surface area contributed by atoms with E-state index < -0.39 is 0 Å². The van der Waals surface area contributed by atoms with Crippen LogP contribution < -0.4 is 20.1 Å². The molecule has 2 rings (SSSR count). The van der Waals surface area contributed by atoms with E-state index >= 15 is 0 Å². The van der Waals surface area contributed by atoms with Crippen molar-refractivity contribution in [1.29, 1.82) is 0 Å². The average molecular weight is 377 g/mol. The Labute approximate surface area is 157 Å². The third-order valence-electron chi connectivity index (χ3n) is 3.52. The highest BCUT2D eigenvalue weighted by Crippen LogP contribution is 2.15. The number of hydrogen-bond acceptors (Lipinski definition) is 4. The second-order valence-electron chi connectivity index (χ2n) is 5.47. The molecule has 26 heavy (non-hydrogen) atoms. The first-order chi connectivity index (χ1) is 12.6. The Balaban J connectivity index is 1.60. The zero-order valence-electron chi connectivity index (χ0n) is 14.5. The summed E-state index contributed by atoms with van der Waals surface area (Å²) in [7, 11) is 1.62. The van der Waals surface area contributed by atoms with Gasteiger partial charge in [-0.3, -0.25) is 9.59 Å². The molecule has 0 saturated carbocycles. The molecule has 0 aliphatic carbocycles. The summed E-state index contributed by atoms with van der Waals surface area (Å²) in [5, 5.41) is 5.85. The zero-order chi connectivity index (χ0) is 18.8. The fourth-order valence-electron chi connectivity index (χ4n) is 2.11. The van der Waals surface area contributed by atoms with Crippen molar-refractivity contribution in [3.63, 3.8) is 0 Å². The van der Waals surface area contributed by atoms with Crippen molar-refractivity contribution in [2.75, 3.05) is 26.8 Å². The van der Waals surface area contributed by atoms with Gasteiger partial charge < -0.3 is 20.1 Å². The molecule has 0 spiro atoms. The zero-order valence-corrected chi connectivity index (χ0v) is 15.2. The highest BCUT2D eigenvalue weighted by atomic mass is 35.5. The van der Waals surface area contributed by atoms with Gasteiger partial charge in [0.05, 0.1) is 13.7 Å². The summed E-state index contributed by atoms with van der Waals surface area (Å²) in [5.41, 5.74) is 1.09. The average Bonchev–Trinajstić information content (AvgIpc) is 2.66. The van der Waals surface area contributed by atoms with E-state index in [0.717, 1.165) is 11.3 Å². The molecule has 2 amide bonds. The van der Waals surface area contributed by atoms with Crippen LogP contribution in [0, 0.1) is 0 Å². The molecule has 0 aromatic heterocycles. The van der Waals surface area contributed by atoms with Crippen LogP contribution in [0.2, 0.25) is 5.02 Å². The van der Waals surface area contributed by atoms with Gasteiger partial charge in [-0.15, -0.1) is 0 Å². The van der Waals surface area contributed by atoms with Crippen molar-refractivity contribution in [2.45, 2.75) is 6.42 Å². The molecule has 0 radical (unpaired) electrons. The molecular formula is C19H21ClN2O4. The predicted octanol–water partition coefficient (Wildman–Crippen LogP) is 2.20. The minimum atomic E-state index is -0.370. The number of nitrogens with one attached hydrogen (secondary N) is 2. The number of benzene rings is 2. The molecule has 2 N–H and O–H groups in total. The molecule has 2 aromatic carbocycles. The summed E-state index contributed by atoms with van der Waals surface area (Å²) in [4.78, 5) is 23.4. The lowest BCUT2D eigenvalue weighted by Gasteiger charge is -2.09. The highest BCUT2D eigenvalue weighted by Gasteiger charge is 2.06. The largest absolute Gasteiger partial charge is 0.497 e. The summed E-state index contributed by atoms with van der Waals surface area (Å²) >= 11 is 5.77. The second kappa shape index (κ2) is 10.3. The molecular weight excluding hydrogens is 356 g/mol. The van der Waals surface area contributed by atoms with E-state index in [1.165, 1.54) is 0 Å². The van der Waals surface area contributed by atoms with Crippen LogP contribution in [-0.2, 0) is 16.0 Å². The first-order valence-electron chi connectivity index (χ1n) is 8.11. The molecule has 6 nitrogen and oxygen atoms in total. The van der Waals surface area contributed by atoms with E-state index in [2.05, 4.69) is 10.6 Å². The lowest BCUT2D eigenvalue weighted by molar-refractivity contribution is -0.127. The van der Waals surface area contributed by atoms with Gasteiger partial charge in [-0.1, -0.05) is 23.7 Å². The predicted molar refractivity (Wildman–Crippen MR) is 99.7 cm³/mol. The van der Waals surface area contributed by atoms with Crippen molar-refractivity contribution in [1.82, 2.24) is 10.6 Å². The maximum atomic E-state index is 11.7. The number of hydrogen-bond donors (Lipinski definition) is 2. The van der Waals surface area contributed by atoms with Gasteiger partial charge >= 0.3 is 0 Å². The molecule has 138 valence electrons. The molecule has 0 aliphatic rings. The van der Waals surface area contributed by atoms with E-state index in [0.29, 0.717) is 23.7 Å². The van der Waals surface area contributed by atoms with E-state index in [4.69, 9.17) is 21.1 Å². The Kier molecular flexibility index (Phi) is 7.76. The molecule has 0 unspecified atom stereocenters. The Morgan fingerprint density at radius 1 is 0.923 bits per heavy atom. The number of halogens is 1. The fraction of sp³-hybridized carbons (Fsp3) is 0.263.